The molecule has 1 aliphatic heterocycles. The third-order valence-corrected chi connectivity index (χ3v) is 9.32. The molecule has 0 radical (unpaired) electrons. The number of unbranched alkanes of at least 4 members (excludes halogenated alkanes) is 4. The fraction of sp³-hybridized carbons (Fsp3) is 0.450. The maximum atomic E-state index is 13.8. The summed E-state index contributed by atoms with van der Waals surface area (Å²) in [5, 5.41) is 17.1. The first-order valence-electron chi connectivity index (χ1n) is 18.0. The first kappa shape index (κ1) is 37.2. The van der Waals surface area contributed by atoms with Gasteiger partial charge in [0.05, 0.1) is 23.9 Å². The molecule has 2 aromatic heterocycles. The second kappa shape index (κ2) is 16.8. The molecule has 2 atom stereocenters. The van der Waals surface area contributed by atoms with Crippen molar-refractivity contribution < 1.29 is 24.2 Å². The van der Waals surface area contributed by atoms with E-state index in [1.807, 2.05) is 76.2 Å². The summed E-state index contributed by atoms with van der Waals surface area (Å²) < 4.78 is 7.67. The quantitative estimate of drug-likeness (QED) is 0.129. The van der Waals surface area contributed by atoms with Crippen LogP contribution in [0.15, 0.2) is 67.1 Å². The predicted octanol–water partition coefficient (Wildman–Crippen LogP) is 6.84. The Hall–Kier alpha value is -5.06. The Morgan fingerprint density at radius 2 is 1.59 bits per heavy atom. The number of nitrogens with one attached hydrogen (secondary N) is 1. The highest BCUT2D eigenvalue weighted by Crippen LogP contribution is 2.25. The lowest BCUT2D eigenvalue weighted by atomic mass is 10.0. The molecule has 0 spiro atoms. The highest BCUT2D eigenvalue weighted by atomic mass is 16.5. The van der Waals surface area contributed by atoms with E-state index in [1.54, 1.807) is 17.1 Å². The minimum atomic E-state index is -1.04. The molecule has 0 saturated carbocycles. The molecule has 11 heteroatoms. The molecule has 1 saturated heterocycles. The lowest BCUT2D eigenvalue weighted by Gasteiger charge is -2.27. The number of likely N-dealkylation sites (tertiary alicyclic amines) is 1. The van der Waals surface area contributed by atoms with Crippen LogP contribution in [0.5, 0.6) is 5.75 Å². The van der Waals surface area contributed by atoms with Crippen LogP contribution < -0.4 is 10.1 Å². The average Bonchev–Trinajstić information content (AvgIpc) is 3.77. The van der Waals surface area contributed by atoms with E-state index in [0.717, 1.165) is 41.0 Å². The van der Waals surface area contributed by atoms with Crippen LogP contribution in [-0.2, 0) is 21.5 Å². The fourth-order valence-corrected chi connectivity index (χ4v) is 6.52. The Kier molecular flexibility index (Phi) is 12.2. The van der Waals surface area contributed by atoms with E-state index >= 15 is 0 Å². The zero-order valence-electron chi connectivity index (χ0n) is 30.4. The number of amides is 2. The zero-order valence-corrected chi connectivity index (χ0v) is 30.4. The number of aliphatic carboxylic acids is 1. The summed E-state index contributed by atoms with van der Waals surface area (Å²) in [5.74, 6) is -0.485. The lowest BCUT2D eigenvalue weighted by molar-refractivity contribution is -0.148. The van der Waals surface area contributed by atoms with Gasteiger partial charge in [0.15, 0.2) is 5.82 Å². The highest BCUT2D eigenvalue weighted by Gasteiger charge is 2.38. The molecule has 3 heterocycles. The normalized spacial score (nSPS) is 15.1. The van der Waals surface area contributed by atoms with Crippen molar-refractivity contribution in [2.75, 3.05) is 13.2 Å². The van der Waals surface area contributed by atoms with Crippen LogP contribution in [0.1, 0.15) is 94.3 Å². The first-order chi connectivity index (χ1) is 24.5. The molecule has 2 aromatic carbocycles. The van der Waals surface area contributed by atoms with Crippen molar-refractivity contribution in [3.05, 3.63) is 83.9 Å². The first-order valence-corrected chi connectivity index (χ1v) is 18.0. The van der Waals surface area contributed by atoms with Crippen molar-refractivity contribution >= 4 is 17.8 Å². The van der Waals surface area contributed by atoms with Crippen LogP contribution in [-0.4, -0.2) is 72.8 Å². The van der Waals surface area contributed by atoms with E-state index in [0.29, 0.717) is 36.5 Å². The molecule has 1 fully saturated rings. The Morgan fingerprint density at radius 3 is 2.22 bits per heavy atom. The van der Waals surface area contributed by atoms with Crippen molar-refractivity contribution in [2.24, 2.45) is 0 Å². The number of hydrogen-bond donors (Lipinski definition) is 2. The van der Waals surface area contributed by atoms with Gasteiger partial charge in [-0.15, -0.1) is 0 Å². The van der Waals surface area contributed by atoms with Crippen molar-refractivity contribution in [2.45, 2.75) is 104 Å². The molecular formula is C40H50N6O5. The number of aromatic nitrogens is 4. The Morgan fingerprint density at radius 1 is 0.922 bits per heavy atom. The zero-order chi connectivity index (χ0) is 36.5. The summed E-state index contributed by atoms with van der Waals surface area (Å²) in [7, 11) is 0. The topological polar surface area (TPSA) is 140 Å². The third-order valence-electron chi connectivity index (χ3n) is 9.32. The molecule has 2 N–H and O–H groups in total. The van der Waals surface area contributed by atoms with Gasteiger partial charge in [0.1, 0.15) is 17.8 Å². The van der Waals surface area contributed by atoms with Crippen molar-refractivity contribution in [1.29, 1.82) is 0 Å². The smallest absolute Gasteiger partial charge is 0.326 e. The van der Waals surface area contributed by atoms with Crippen LogP contribution in [0, 0.1) is 6.92 Å². The Balaban J connectivity index is 1.26. The second-order valence-electron chi connectivity index (χ2n) is 14.3. The number of carbonyl (C=O) groups is 3. The standard InChI is InChI=1S/C40H50N6O5/c1-6-7-8-9-10-22-51-32-19-17-29(18-20-32)31-24-41-36(42-25-31)30-15-13-28(14-16-30)23-34(38(48)45-21-11-12-35(45)39(49)50)44-37(47)33-26-43-46(27(33)2)40(3,4)5/h13-20,24-26,34-35H,6-12,21-23H2,1-5H3,(H,44,47)(H,49,50)/t34-,35-/m0/s1. The van der Waals surface area contributed by atoms with Crippen LogP contribution in [0.25, 0.3) is 22.5 Å². The fourth-order valence-electron chi connectivity index (χ4n) is 6.52. The number of nitrogens with zero attached hydrogens (tertiary/aromatic N) is 5. The number of benzene rings is 2. The number of rotatable bonds is 15. The van der Waals surface area contributed by atoms with E-state index in [-0.39, 0.29) is 12.0 Å². The monoisotopic (exact) mass is 694 g/mol. The van der Waals surface area contributed by atoms with E-state index in [9.17, 15) is 19.5 Å². The van der Waals surface area contributed by atoms with Gasteiger partial charge in [0, 0.05) is 42.2 Å². The lowest BCUT2D eigenvalue weighted by Crippen LogP contribution is -2.52. The van der Waals surface area contributed by atoms with Gasteiger partial charge in [-0.3, -0.25) is 14.3 Å². The SMILES string of the molecule is CCCCCCCOc1ccc(-c2cnc(-c3ccc(C[C@H](NC(=O)c4cnn(C(C)(C)C)c4C)C(=O)N4CCC[C@H]4C(=O)O)cc3)nc2)cc1. The molecule has 0 aliphatic carbocycles. The van der Waals surface area contributed by atoms with Crippen molar-refractivity contribution in [1.82, 2.24) is 30.0 Å². The summed E-state index contributed by atoms with van der Waals surface area (Å²) in [4.78, 5) is 49.9. The van der Waals surface area contributed by atoms with E-state index in [4.69, 9.17) is 4.74 Å². The summed E-state index contributed by atoms with van der Waals surface area (Å²) in [6.07, 6.45) is 12.3. The van der Waals surface area contributed by atoms with Crippen LogP contribution in [0.2, 0.25) is 0 Å². The minimum Gasteiger partial charge on any atom is -0.494 e. The second-order valence-corrected chi connectivity index (χ2v) is 14.3. The van der Waals surface area contributed by atoms with Gasteiger partial charge in [-0.25, -0.2) is 14.8 Å². The molecule has 0 bridgehead atoms. The Labute approximate surface area is 300 Å². The number of carboxylic acid groups (broad SMARTS) is 1. The molecule has 1 aliphatic rings. The van der Waals surface area contributed by atoms with Gasteiger partial charge >= 0.3 is 5.97 Å². The summed E-state index contributed by atoms with van der Waals surface area (Å²) in [6.45, 7) is 11.1. The maximum absolute atomic E-state index is 13.8. The largest absolute Gasteiger partial charge is 0.494 e. The van der Waals surface area contributed by atoms with Gasteiger partial charge in [-0.05, 0) is 70.2 Å². The molecule has 0 unspecified atom stereocenters. The van der Waals surface area contributed by atoms with Gasteiger partial charge in [0.2, 0.25) is 5.91 Å². The highest BCUT2D eigenvalue weighted by molar-refractivity contribution is 5.99. The van der Waals surface area contributed by atoms with Gasteiger partial charge in [-0.2, -0.15) is 5.10 Å². The van der Waals surface area contributed by atoms with Crippen molar-refractivity contribution in [3.8, 4) is 28.3 Å². The molecule has 270 valence electrons. The molecule has 51 heavy (non-hydrogen) atoms. The van der Waals surface area contributed by atoms with E-state index in [2.05, 4.69) is 27.3 Å². The number of carboxylic acids is 1. The molecule has 5 rings (SSSR count). The predicted molar refractivity (Wildman–Crippen MR) is 196 cm³/mol. The van der Waals surface area contributed by atoms with Gasteiger partial charge < -0.3 is 20.1 Å². The summed E-state index contributed by atoms with van der Waals surface area (Å²) in [6, 6.07) is 13.6. The summed E-state index contributed by atoms with van der Waals surface area (Å²) in [5.41, 5.74) is 4.20. The van der Waals surface area contributed by atoms with E-state index < -0.39 is 29.9 Å². The molecule has 2 amide bonds. The number of hydrogen-bond acceptors (Lipinski definition) is 7. The van der Waals surface area contributed by atoms with Crippen molar-refractivity contribution in [3.63, 3.8) is 0 Å². The maximum Gasteiger partial charge on any atom is 0.326 e. The van der Waals surface area contributed by atoms with E-state index in [1.165, 1.54) is 36.8 Å². The average molecular weight is 695 g/mol. The molecule has 11 nitrogen and oxygen atoms in total. The Bertz CT molecular complexity index is 1780. The minimum absolute atomic E-state index is 0.179. The molecular weight excluding hydrogens is 644 g/mol. The summed E-state index contributed by atoms with van der Waals surface area (Å²) >= 11 is 0. The van der Waals surface area contributed by atoms with Crippen LogP contribution in [0.3, 0.4) is 0 Å². The van der Waals surface area contributed by atoms with Gasteiger partial charge in [0.25, 0.3) is 5.91 Å². The van der Waals surface area contributed by atoms with Crippen LogP contribution in [0.4, 0.5) is 0 Å². The third kappa shape index (κ3) is 9.39. The molecule has 4 aromatic rings. The van der Waals surface area contributed by atoms with Gasteiger partial charge in [-0.1, -0.05) is 69.0 Å². The number of carbonyl (C=O) groups excluding carboxylic acids is 2. The van der Waals surface area contributed by atoms with Crippen LogP contribution >= 0.6 is 0 Å². The number of ether oxygens (including phenoxy) is 1.